The molecule has 0 atom stereocenters. The largest absolute Gasteiger partial charge is 0.456 e. The summed E-state index contributed by atoms with van der Waals surface area (Å²) in [6, 6.07) is 56.0. The van der Waals surface area contributed by atoms with E-state index < -0.39 is 0 Å². The molecule has 2 heteroatoms. The van der Waals surface area contributed by atoms with Crippen molar-refractivity contribution in [3.63, 3.8) is 0 Å². The average molecular weight is 587 g/mol. The number of para-hydroxylation sites is 1. The Kier molecular flexibility index (Phi) is 5.31. The zero-order valence-corrected chi connectivity index (χ0v) is 24.8. The van der Waals surface area contributed by atoms with Crippen molar-refractivity contribution < 1.29 is 9.15 Å². The van der Waals surface area contributed by atoms with Gasteiger partial charge < -0.3 is 9.15 Å². The van der Waals surface area contributed by atoms with Crippen molar-refractivity contribution in [3.8, 4) is 56.0 Å². The van der Waals surface area contributed by atoms with E-state index in [9.17, 15) is 0 Å². The first kappa shape index (κ1) is 25.2. The highest BCUT2D eigenvalue weighted by atomic mass is 16.5. The molecule has 0 saturated heterocycles. The molecule has 0 bridgehead atoms. The Hall–Kier alpha value is -6.12. The van der Waals surface area contributed by atoms with Crippen LogP contribution in [-0.2, 0) is 0 Å². The van der Waals surface area contributed by atoms with Gasteiger partial charge in [-0.1, -0.05) is 133 Å². The van der Waals surface area contributed by atoms with Gasteiger partial charge in [-0.15, -0.1) is 0 Å². The van der Waals surface area contributed by atoms with Crippen LogP contribution in [-0.4, -0.2) is 0 Å². The molecule has 0 amide bonds. The van der Waals surface area contributed by atoms with E-state index in [1.807, 2.05) is 12.1 Å². The van der Waals surface area contributed by atoms with Crippen molar-refractivity contribution in [2.45, 2.75) is 0 Å². The monoisotopic (exact) mass is 586 g/mol. The number of hydrogen-bond acceptors (Lipinski definition) is 2. The van der Waals surface area contributed by atoms with Gasteiger partial charge >= 0.3 is 0 Å². The Morgan fingerprint density at radius 2 is 0.891 bits per heavy atom. The average Bonchev–Trinajstić information content (AvgIpc) is 3.52. The summed E-state index contributed by atoms with van der Waals surface area (Å²) in [5.41, 5.74) is 11.3. The molecule has 1 aliphatic rings. The second-order valence-electron chi connectivity index (χ2n) is 12.0. The molecule has 46 heavy (non-hydrogen) atoms. The van der Waals surface area contributed by atoms with Gasteiger partial charge in [0.2, 0.25) is 0 Å². The Morgan fingerprint density at radius 3 is 1.70 bits per heavy atom. The van der Waals surface area contributed by atoms with E-state index >= 15 is 0 Å². The highest BCUT2D eigenvalue weighted by molar-refractivity contribution is 6.20. The summed E-state index contributed by atoms with van der Waals surface area (Å²) in [6.45, 7) is 0. The molecule has 214 valence electrons. The fourth-order valence-corrected chi connectivity index (χ4v) is 7.50. The van der Waals surface area contributed by atoms with E-state index in [4.69, 9.17) is 9.15 Å². The predicted molar refractivity (Wildman–Crippen MR) is 191 cm³/mol. The third-order valence-electron chi connectivity index (χ3n) is 9.51. The molecule has 0 aliphatic carbocycles. The first-order chi connectivity index (χ1) is 22.8. The van der Waals surface area contributed by atoms with E-state index in [2.05, 4.69) is 146 Å². The first-order valence-corrected chi connectivity index (χ1v) is 15.7. The number of fused-ring (bicyclic) bond motifs is 7. The van der Waals surface area contributed by atoms with Gasteiger partial charge in [0, 0.05) is 27.1 Å². The second kappa shape index (κ2) is 9.69. The van der Waals surface area contributed by atoms with Crippen LogP contribution in [0.5, 0.6) is 11.5 Å². The zero-order chi connectivity index (χ0) is 30.2. The molecule has 8 aromatic carbocycles. The van der Waals surface area contributed by atoms with Crippen LogP contribution in [0.4, 0.5) is 0 Å². The standard InChI is InChI=1S/C44H26O2/c1-2-12-28-27(11-1)23-24-38-43-35(20-10-22-40(43)46-44(28)38)32-16-6-5-14-30(32)29-13-3-4-15-31(29)33-25-26-41-42-36(33)18-9-19-37(42)34-17-7-8-21-39(34)45-41/h1-26H. The van der Waals surface area contributed by atoms with Crippen molar-refractivity contribution in [1.82, 2.24) is 0 Å². The van der Waals surface area contributed by atoms with Crippen LogP contribution < -0.4 is 4.74 Å². The lowest BCUT2D eigenvalue weighted by Gasteiger charge is -2.23. The van der Waals surface area contributed by atoms with Crippen LogP contribution in [0.15, 0.2) is 162 Å². The van der Waals surface area contributed by atoms with Crippen molar-refractivity contribution >= 4 is 43.5 Å². The summed E-state index contributed by atoms with van der Waals surface area (Å²) >= 11 is 0. The molecule has 2 heterocycles. The van der Waals surface area contributed by atoms with Gasteiger partial charge in [0.15, 0.2) is 0 Å². The molecule has 1 aromatic heterocycles. The van der Waals surface area contributed by atoms with Crippen molar-refractivity contribution in [2.24, 2.45) is 0 Å². The minimum atomic E-state index is 0.899. The van der Waals surface area contributed by atoms with Crippen LogP contribution in [0.25, 0.3) is 88.0 Å². The lowest BCUT2D eigenvalue weighted by molar-refractivity contribution is 0.487. The van der Waals surface area contributed by atoms with Crippen LogP contribution >= 0.6 is 0 Å². The Balaban J connectivity index is 1.21. The Morgan fingerprint density at radius 1 is 0.304 bits per heavy atom. The van der Waals surface area contributed by atoms with Gasteiger partial charge in [-0.2, -0.15) is 0 Å². The topological polar surface area (TPSA) is 22.4 Å². The maximum Gasteiger partial charge on any atom is 0.143 e. The summed E-state index contributed by atoms with van der Waals surface area (Å²) in [5.74, 6) is 1.80. The number of hydrogen-bond donors (Lipinski definition) is 0. The highest BCUT2D eigenvalue weighted by Crippen LogP contribution is 2.50. The SMILES string of the molecule is c1ccc2c(c1)Oc1ccc(-c3ccccc3-c3ccccc3-c3cccc4oc5c6ccccc6ccc5c34)c3cccc-2c13. The van der Waals surface area contributed by atoms with Crippen LogP contribution in [0.3, 0.4) is 0 Å². The number of benzene rings is 8. The highest BCUT2D eigenvalue weighted by Gasteiger charge is 2.23. The molecule has 0 radical (unpaired) electrons. The Labute approximate surface area is 265 Å². The minimum Gasteiger partial charge on any atom is -0.456 e. The van der Waals surface area contributed by atoms with Crippen molar-refractivity contribution in [2.75, 3.05) is 0 Å². The van der Waals surface area contributed by atoms with Crippen molar-refractivity contribution in [3.05, 3.63) is 158 Å². The van der Waals surface area contributed by atoms with Crippen LogP contribution in [0.1, 0.15) is 0 Å². The molecular formula is C44H26O2. The van der Waals surface area contributed by atoms with Gasteiger partial charge in [0.1, 0.15) is 22.7 Å². The minimum absolute atomic E-state index is 0.899. The molecule has 0 spiro atoms. The fraction of sp³-hybridized carbons (Fsp3) is 0. The van der Waals surface area contributed by atoms with Gasteiger partial charge in [0.25, 0.3) is 0 Å². The molecule has 1 aliphatic heterocycles. The van der Waals surface area contributed by atoms with Gasteiger partial charge in [-0.3, -0.25) is 0 Å². The molecule has 2 nitrogen and oxygen atoms in total. The van der Waals surface area contributed by atoms with E-state index in [1.54, 1.807) is 0 Å². The van der Waals surface area contributed by atoms with Crippen LogP contribution in [0, 0.1) is 0 Å². The molecule has 0 N–H and O–H groups in total. The van der Waals surface area contributed by atoms with E-state index in [0.29, 0.717) is 0 Å². The molecule has 0 saturated carbocycles. The molecule has 9 aromatic rings. The third-order valence-corrected chi connectivity index (χ3v) is 9.51. The first-order valence-electron chi connectivity index (χ1n) is 15.7. The summed E-state index contributed by atoms with van der Waals surface area (Å²) < 4.78 is 13.0. The summed E-state index contributed by atoms with van der Waals surface area (Å²) in [7, 11) is 0. The van der Waals surface area contributed by atoms with Gasteiger partial charge in [-0.25, -0.2) is 0 Å². The number of rotatable bonds is 3. The molecule has 0 unspecified atom stereocenters. The lowest BCUT2D eigenvalue weighted by atomic mass is 9.85. The maximum atomic E-state index is 6.57. The summed E-state index contributed by atoms with van der Waals surface area (Å²) in [6.07, 6.45) is 0. The second-order valence-corrected chi connectivity index (χ2v) is 12.0. The maximum absolute atomic E-state index is 6.57. The smallest absolute Gasteiger partial charge is 0.143 e. The lowest BCUT2D eigenvalue weighted by Crippen LogP contribution is -1.98. The van der Waals surface area contributed by atoms with Gasteiger partial charge in [-0.05, 0) is 74.0 Å². The zero-order valence-electron chi connectivity index (χ0n) is 24.8. The summed E-state index contributed by atoms with van der Waals surface area (Å²) in [4.78, 5) is 0. The number of ether oxygens (including phenoxy) is 1. The quantitative estimate of drug-likeness (QED) is 0.205. The summed E-state index contributed by atoms with van der Waals surface area (Å²) in [5, 5.41) is 6.94. The van der Waals surface area contributed by atoms with Crippen molar-refractivity contribution in [1.29, 1.82) is 0 Å². The molecule has 10 rings (SSSR count). The van der Waals surface area contributed by atoms with E-state index in [0.717, 1.165) is 49.8 Å². The van der Waals surface area contributed by atoms with E-state index in [-0.39, 0.29) is 0 Å². The number of furan rings is 1. The van der Waals surface area contributed by atoms with Gasteiger partial charge in [0.05, 0.1) is 0 Å². The molecular weight excluding hydrogens is 560 g/mol. The normalized spacial score (nSPS) is 12.1. The Bertz CT molecular complexity index is 2680. The van der Waals surface area contributed by atoms with E-state index in [1.165, 1.54) is 49.7 Å². The fourth-order valence-electron chi connectivity index (χ4n) is 7.50. The molecule has 0 fully saturated rings. The van der Waals surface area contributed by atoms with Crippen LogP contribution in [0.2, 0.25) is 0 Å². The predicted octanol–water partition coefficient (Wildman–Crippen LogP) is 12.7. The third kappa shape index (κ3) is 3.59.